The van der Waals surface area contributed by atoms with Crippen molar-refractivity contribution in [2.45, 2.75) is 0 Å². The lowest BCUT2D eigenvalue weighted by atomic mass is 10.3. The van der Waals surface area contributed by atoms with Gasteiger partial charge >= 0.3 is 0 Å². The molecule has 1 aromatic rings. The summed E-state index contributed by atoms with van der Waals surface area (Å²) >= 11 is 0. The van der Waals surface area contributed by atoms with E-state index in [9.17, 15) is 0 Å². The Balaban J connectivity index is 2.43. The number of rotatable bonds is 3. The van der Waals surface area contributed by atoms with E-state index in [-0.39, 0.29) is 0 Å². The molecule has 1 aromatic carbocycles. The number of hydrogen-bond acceptors (Lipinski definition) is 3. The van der Waals surface area contributed by atoms with E-state index in [1.807, 2.05) is 30.3 Å². The predicted molar refractivity (Wildman–Crippen MR) is 39.3 cm³/mol. The topological polar surface area (TPSA) is 47.3 Å². The summed E-state index contributed by atoms with van der Waals surface area (Å²) < 4.78 is 5.12. The highest BCUT2D eigenvalue weighted by molar-refractivity contribution is 5.20. The summed E-state index contributed by atoms with van der Waals surface area (Å²) in [6, 6.07) is 9.50. The highest BCUT2D eigenvalue weighted by atomic mass is 16.5. The van der Waals surface area contributed by atoms with Crippen molar-refractivity contribution in [1.82, 2.24) is 5.43 Å². The maximum Gasteiger partial charge on any atom is 0.151 e. The molecule has 0 spiro atoms. The van der Waals surface area contributed by atoms with Crippen LogP contribution >= 0.6 is 0 Å². The third-order valence-electron chi connectivity index (χ3n) is 1.07. The minimum Gasteiger partial charge on any atom is -0.477 e. The fraction of sp³-hybridized carbons (Fsp3) is 0.143. The molecule has 3 heteroatoms. The molecular formula is C7H10N2O. The lowest BCUT2D eigenvalue weighted by molar-refractivity contribution is 0.286. The van der Waals surface area contributed by atoms with E-state index in [4.69, 9.17) is 10.6 Å². The van der Waals surface area contributed by atoms with Gasteiger partial charge in [0.2, 0.25) is 0 Å². The number of hydrazine groups is 1. The molecule has 0 aliphatic rings. The van der Waals surface area contributed by atoms with E-state index in [0.29, 0.717) is 6.73 Å². The van der Waals surface area contributed by atoms with Gasteiger partial charge in [-0.1, -0.05) is 18.2 Å². The Morgan fingerprint density at radius 3 is 2.60 bits per heavy atom. The van der Waals surface area contributed by atoms with Crippen LogP contribution in [0.25, 0.3) is 0 Å². The van der Waals surface area contributed by atoms with Gasteiger partial charge in [0, 0.05) is 0 Å². The van der Waals surface area contributed by atoms with Gasteiger partial charge in [0.25, 0.3) is 0 Å². The number of hydrogen-bond donors (Lipinski definition) is 2. The minimum absolute atomic E-state index is 0.337. The SMILES string of the molecule is NNCOc1ccccc1. The monoisotopic (exact) mass is 138 g/mol. The molecule has 0 saturated carbocycles. The van der Waals surface area contributed by atoms with E-state index >= 15 is 0 Å². The highest BCUT2D eigenvalue weighted by Crippen LogP contribution is 2.06. The molecule has 0 aliphatic heterocycles. The first-order valence-electron chi connectivity index (χ1n) is 3.05. The average Bonchev–Trinajstić information content (AvgIpc) is 2.03. The number of nitrogens with two attached hydrogens (primary N) is 1. The molecule has 3 nitrogen and oxygen atoms in total. The minimum atomic E-state index is 0.337. The number of nitrogens with one attached hydrogen (secondary N) is 1. The van der Waals surface area contributed by atoms with Crippen LogP contribution in [0.4, 0.5) is 0 Å². The van der Waals surface area contributed by atoms with Gasteiger partial charge in [-0.15, -0.1) is 0 Å². The standard InChI is InChI=1S/C7H10N2O/c8-9-6-10-7-4-2-1-3-5-7/h1-5,9H,6,8H2. The van der Waals surface area contributed by atoms with Crippen LogP contribution in [0, 0.1) is 0 Å². The third-order valence-corrected chi connectivity index (χ3v) is 1.07. The Morgan fingerprint density at radius 2 is 2.00 bits per heavy atom. The molecule has 0 fully saturated rings. The molecule has 10 heavy (non-hydrogen) atoms. The first kappa shape index (κ1) is 7.05. The summed E-state index contributed by atoms with van der Waals surface area (Å²) in [7, 11) is 0. The van der Waals surface area contributed by atoms with Crippen LogP contribution in [0.3, 0.4) is 0 Å². The van der Waals surface area contributed by atoms with Crippen molar-refractivity contribution < 1.29 is 4.74 Å². The van der Waals surface area contributed by atoms with Gasteiger partial charge in [-0.2, -0.15) is 0 Å². The fourth-order valence-electron chi connectivity index (χ4n) is 0.642. The van der Waals surface area contributed by atoms with Gasteiger partial charge in [-0.3, -0.25) is 5.84 Å². The molecule has 0 unspecified atom stereocenters. The summed E-state index contributed by atoms with van der Waals surface area (Å²) in [5, 5.41) is 0. The Bertz CT molecular complexity index is 176. The van der Waals surface area contributed by atoms with Gasteiger partial charge in [-0.25, -0.2) is 5.43 Å². The first-order chi connectivity index (χ1) is 4.93. The molecular weight excluding hydrogens is 128 g/mol. The average molecular weight is 138 g/mol. The van der Waals surface area contributed by atoms with Crippen LogP contribution in [0.2, 0.25) is 0 Å². The highest BCUT2D eigenvalue weighted by Gasteiger charge is 1.85. The van der Waals surface area contributed by atoms with E-state index in [2.05, 4.69) is 5.43 Å². The summed E-state index contributed by atoms with van der Waals surface area (Å²) in [6.07, 6.45) is 0. The van der Waals surface area contributed by atoms with E-state index in [0.717, 1.165) is 5.75 Å². The molecule has 54 valence electrons. The third kappa shape index (κ3) is 2.05. The lowest BCUT2D eigenvalue weighted by Crippen LogP contribution is -2.26. The Morgan fingerprint density at radius 1 is 1.30 bits per heavy atom. The Kier molecular flexibility index (Phi) is 2.73. The van der Waals surface area contributed by atoms with Crippen molar-refractivity contribution in [1.29, 1.82) is 0 Å². The molecule has 3 N–H and O–H groups in total. The van der Waals surface area contributed by atoms with E-state index in [1.165, 1.54) is 0 Å². The Hall–Kier alpha value is -1.06. The molecule has 1 rings (SSSR count). The van der Waals surface area contributed by atoms with Gasteiger partial charge in [0.1, 0.15) is 5.75 Å². The molecule has 0 radical (unpaired) electrons. The van der Waals surface area contributed by atoms with Gasteiger partial charge in [0.15, 0.2) is 6.73 Å². The molecule has 0 atom stereocenters. The van der Waals surface area contributed by atoms with Crippen molar-refractivity contribution in [2.75, 3.05) is 6.73 Å². The van der Waals surface area contributed by atoms with Crippen molar-refractivity contribution in [3.63, 3.8) is 0 Å². The normalized spacial score (nSPS) is 9.30. The molecule has 0 aliphatic carbocycles. The molecule has 0 bridgehead atoms. The number of benzene rings is 1. The second-order valence-electron chi connectivity index (χ2n) is 1.81. The summed E-state index contributed by atoms with van der Waals surface area (Å²) in [5.41, 5.74) is 2.39. The predicted octanol–water partition coefficient (Wildman–Crippen LogP) is 0.486. The molecule has 0 heterocycles. The molecule has 0 saturated heterocycles. The lowest BCUT2D eigenvalue weighted by Gasteiger charge is -2.02. The molecule has 0 aromatic heterocycles. The Labute approximate surface area is 59.8 Å². The van der Waals surface area contributed by atoms with Gasteiger partial charge < -0.3 is 4.74 Å². The fourth-order valence-corrected chi connectivity index (χ4v) is 0.642. The van der Waals surface area contributed by atoms with Crippen LogP contribution in [-0.2, 0) is 0 Å². The first-order valence-corrected chi connectivity index (χ1v) is 3.05. The zero-order chi connectivity index (χ0) is 7.23. The quantitative estimate of drug-likeness (QED) is 0.363. The summed E-state index contributed by atoms with van der Waals surface area (Å²) in [4.78, 5) is 0. The zero-order valence-electron chi connectivity index (χ0n) is 5.58. The number of ether oxygens (including phenoxy) is 1. The van der Waals surface area contributed by atoms with E-state index < -0.39 is 0 Å². The number of para-hydroxylation sites is 1. The van der Waals surface area contributed by atoms with Crippen molar-refractivity contribution in [3.8, 4) is 5.75 Å². The van der Waals surface area contributed by atoms with Crippen LogP contribution in [0.5, 0.6) is 5.75 Å². The maximum absolute atomic E-state index is 5.12. The van der Waals surface area contributed by atoms with Gasteiger partial charge in [-0.05, 0) is 12.1 Å². The summed E-state index contributed by atoms with van der Waals surface area (Å²) in [6.45, 7) is 0.337. The van der Waals surface area contributed by atoms with Crippen molar-refractivity contribution >= 4 is 0 Å². The smallest absolute Gasteiger partial charge is 0.151 e. The van der Waals surface area contributed by atoms with E-state index in [1.54, 1.807) is 0 Å². The van der Waals surface area contributed by atoms with Crippen LogP contribution in [-0.4, -0.2) is 6.73 Å². The summed E-state index contributed by atoms with van der Waals surface area (Å²) in [5.74, 6) is 5.82. The maximum atomic E-state index is 5.12. The van der Waals surface area contributed by atoms with Gasteiger partial charge in [0.05, 0.1) is 0 Å². The molecule has 0 amide bonds. The second-order valence-corrected chi connectivity index (χ2v) is 1.81. The second kappa shape index (κ2) is 3.87. The van der Waals surface area contributed by atoms with Crippen molar-refractivity contribution in [3.05, 3.63) is 30.3 Å². The zero-order valence-corrected chi connectivity index (χ0v) is 5.58. The van der Waals surface area contributed by atoms with Crippen LogP contribution < -0.4 is 16.0 Å². The largest absolute Gasteiger partial charge is 0.477 e. The van der Waals surface area contributed by atoms with Crippen molar-refractivity contribution in [2.24, 2.45) is 5.84 Å². The van der Waals surface area contributed by atoms with Crippen LogP contribution in [0.1, 0.15) is 0 Å². The van der Waals surface area contributed by atoms with Crippen LogP contribution in [0.15, 0.2) is 30.3 Å².